The van der Waals surface area contributed by atoms with Gasteiger partial charge < -0.3 is 9.47 Å². The van der Waals surface area contributed by atoms with Crippen LogP contribution in [-0.2, 0) is 14.3 Å². The molecule has 166 valence electrons. The number of amides is 1. The Balaban J connectivity index is 1.96. The van der Waals surface area contributed by atoms with Crippen LogP contribution in [0.25, 0.3) is 0 Å². The Morgan fingerprint density at radius 3 is 2.60 bits per heavy atom. The van der Waals surface area contributed by atoms with Gasteiger partial charge in [0.05, 0.1) is 25.5 Å². The highest BCUT2D eigenvalue weighted by molar-refractivity contribution is 5.96. The van der Waals surface area contributed by atoms with Gasteiger partial charge >= 0.3 is 0 Å². The average Bonchev–Trinajstić information content (AvgIpc) is 2.74. The summed E-state index contributed by atoms with van der Waals surface area (Å²) in [4.78, 5) is 17.9. The lowest BCUT2D eigenvalue weighted by Crippen LogP contribution is -2.39. The highest BCUT2D eigenvalue weighted by atomic mass is 16.5. The zero-order valence-electron chi connectivity index (χ0n) is 19.2. The van der Waals surface area contributed by atoms with E-state index in [1.54, 1.807) is 7.11 Å². The van der Waals surface area contributed by atoms with Crippen molar-refractivity contribution >= 4 is 5.91 Å². The SMILES string of the molecule is C/C=C(/CCOC)C(=O)N1C=CC(CN2CCOCC2)=C(C2CCC2)/C1=C(\C)CC. The molecule has 5 nitrogen and oxygen atoms in total. The van der Waals surface area contributed by atoms with Crippen molar-refractivity contribution in [2.75, 3.05) is 46.6 Å². The fraction of sp³-hybridized carbons (Fsp3) is 0.640. The van der Waals surface area contributed by atoms with Crippen molar-refractivity contribution in [3.05, 3.63) is 46.3 Å². The fourth-order valence-electron chi connectivity index (χ4n) is 4.41. The summed E-state index contributed by atoms with van der Waals surface area (Å²) in [6.45, 7) is 11.4. The Bertz CT molecular complexity index is 737. The van der Waals surface area contributed by atoms with E-state index in [1.165, 1.54) is 36.0 Å². The lowest BCUT2D eigenvalue weighted by molar-refractivity contribution is -0.123. The third-order valence-electron chi connectivity index (χ3n) is 6.63. The molecule has 0 N–H and O–H groups in total. The molecule has 0 unspecified atom stereocenters. The minimum atomic E-state index is 0.0795. The van der Waals surface area contributed by atoms with Crippen LogP contribution >= 0.6 is 0 Å². The average molecular weight is 415 g/mol. The van der Waals surface area contributed by atoms with Crippen molar-refractivity contribution < 1.29 is 14.3 Å². The number of allylic oxidation sites excluding steroid dienone is 3. The van der Waals surface area contributed by atoms with Gasteiger partial charge in [0.2, 0.25) is 0 Å². The van der Waals surface area contributed by atoms with Gasteiger partial charge in [0.25, 0.3) is 5.91 Å². The van der Waals surface area contributed by atoms with E-state index >= 15 is 0 Å². The first-order valence-corrected chi connectivity index (χ1v) is 11.5. The highest BCUT2D eigenvalue weighted by Crippen LogP contribution is 2.43. The van der Waals surface area contributed by atoms with E-state index in [1.807, 2.05) is 24.1 Å². The topological polar surface area (TPSA) is 42.0 Å². The molecule has 0 aromatic carbocycles. The molecule has 1 saturated carbocycles. The summed E-state index contributed by atoms with van der Waals surface area (Å²) >= 11 is 0. The van der Waals surface area contributed by atoms with Gasteiger partial charge in [-0.3, -0.25) is 14.6 Å². The second-order valence-corrected chi connectivity index (χ2v) is 8.49. The molecule has 3 rings (SSSR count). The summed E-state index contributed by atoms with van der Waals surface area (Å²) in [6, 6.07) is 0. The van der Waals surface area contributed by atoms with Gasteiger partial charge in [0.15, 0.2) is 0 Å². The first-order valence-electron chi connectivity index (χ1n) is 11.5. The normalized spacial score (nSPS) is 23.1. The van der Waals surface area contributed by atoms with Crippen LogP contribution in [0.15, 0.2) is 46.3 Å². The summed E-state index contributed by atoms with van der Waals surface area (Å²) in [7, 11) is 1.68. The van der Waals surface area contributed by atoms with Crippen molar-refractivity contribution in [1.29, 1.82) is 0 Å². The molecule has 1 amide bonds. The number of carbonyl (C=O) groups excluding carboxylic acids is 1. The molecule has 2 heterocycles. The summed E-state index contributed by atoms with van der Waals surface area (Å²) in [6.07, 6.45) is 11.4. The van der Waals surface area contributed by atoms with E-state index in [2.05, 4.69) is 24.8 Å². The monoisotopic (exact) mass is 414 g/mol. The van der Waals surface area contributed by atoms with Crippen LogP contribution < -0.4 is 0 Å². The number of morpholine rings is 1. The van der Waals surface area contributed by atoms with Crippen LogP contribution in [0, 0.1) is 5.92 Å². The van der Waals surface area contributed by atoms with Gasteiger partial charge in [-0.2, -0.15) is 0 Å². The predicted octanol–water partition coefficient (Wildman–Crippen LogP) is 4.44. The molecular formula is C25H38N2O3. The summed E-state index contributed by atoms with van der Waals surface area (Å²) < 4.78 is 10.8. The zero-order valence-corrected chi connectivity index (χ0v) is 19.2. The Morgan fingerprint density at radius 1 is 1.30 bits per heavy atom. The molecule has 2 fully saturated rings. The van der Waals surface area contributed by atoms with Crippen LogP contribution in [0.3, 0.4) is 0 Å². The number of ether oxygens (including phenoxy) is 2. The number of methoxy groups -OCH3 is 1. The minimum absolute atomic E-state index is 0.0795. The van der Waals surface area contributed by atoms with E-state index < -0.39 is 0 Å². The Kier molecular flexibility index (Phi) is 8.49. The first-order chi connectivity index (χ1) is 14.6. The predicted molar refractivity (Wildman–Crippen MR) is 121 cm³/mol. The molecule has 3 aliphatic rings. The quantitative estimate of drug-likeness (QED) is 0.551. The maximum atomic E-state index is 13.5. The standard InChI is InChI=1S/C25H38N2O3/c1-5-19(3)24-23(21-8-7-9-21)22(18-26-13-16-30-17-14-26)10-12-27(24)25(28)20(6-2)11-15-29-4/h6,10,12,21H,5,7-9,11,13-18H2,1-4H3/b20-6-,24-19-. The maximum absolute atomic E-state index is 13.5. The van der Waals surface area contributed by atoms with Crippen molar-refractivity contribution in [3.8, 4) is 0 Å². The number of carbonyl (C=O) groups is 1. The highest BCUT2D eigenvalue weighted by Gasteiger charge is 2.34. The van der Waals surface area contributed by atoms with Crippen molar-refractivity contribution in [3.63, 3.8) is 0 Å². The minimum Gasteiger partial charge on any atom is -0.384 e. The molecule has 1 saturated heterocycles. The summed E-state index contributed by atoms with van der Waals surface area (Å²) in [5, 5.41) is 0. The van der Waals surface area contributed by atoms with E-state index in [0.29, 0.717) is 18.9 Å². The molecule has 0 aromatic heterocycles. The zero-order chi connectivity index (χ0) is 21.5. The van der Waals surface area contributed by atoms with E-state index in [4.69, 9.17) is 9.47 Å². The van der Waals surface area contributed by atoms with Crippen LogP contribution in [0.1, 0.15) is 52.9 Å². The van der Waals surface area contributed by atoms with E-state index in [9.17, 15) is 4.79 Å². The molecule has 0 atom stereocenters. The Morgan fingerprint density at radius 2 is 2.03 bits per heavy atom. The van der Waals surface area contributed by atoms with Gasteiger partial charge in [-0.05, 0) is 61.8 Å². The molecule has 2 aliphatic heterocycles. The third-order valence-corrected chi connectivity index (χ3v) is 6.63. The van der Waals surface area contributed by atoms with E-state index in [-0.39, 0.29) is 5.91 Å². The summed E-state index contributed by atoms with van der Waals surface area (Å²) in [5.41, 5.74) is 6.04. The van der Waals surface area contributed by atoms with Gasteiger partial charge in [-0.25, -0.2) is 0 Å². The van der Waals surface area contributed by atoms with Crippen molar-refractivity contribution in [2.24, 2.45) is 5.92 Å². The maximum Gasteiger partial charge on any atom is 0.258 e. The molecular weight excluding hydrogens is 376 g/mol. The molecule has 0 aromatic rings. The molecule has 0 radical (unpaired) electrons. The molecule has 5 heteroatoms. The molecule has 0 bridgehead atoms. The molecule has 0 spiro atoms. The second kappa shape index (κ2) is 11.1. The number of rotatable bonds is 8. The second-order valence-electron chi connectivity index (χ2n) is 8.49. The Labute approximate surface area is 182 Å². The largest absolute Gasteiger partial charge is 0.384 e. The van der Waals surface area contributed by atoms with Crippen molar-refractivity contribution in [1.82, 2.24) is 9.80 Å². The van der Waals surface area contributed by atoms with Crippen LogP contribution in [0.5, 0.6) is 0 Å². The van der Waals surface area contributed by atoms with Gasteiger partial charge in [-0.1, -0.05) is 19.4 Å². The number of hydrogen-bond donors (Lipinski definition) is 0. The smallest absolute Gasteiger partial charge is 0.258 e. The van der Waals surface area contributed by atoms with Gasteiger partial charge in [0, 0.05) is 44.9 Å². The Hall–Kier alpha value is -1.69. The van der Waals surface area contributed by atoms with Crippen LogP contribution in [0.2, 0.25) is 0 Å². The molecule has 30 heavy (non-hydrogen) atoms. The molecule has 1 aliphatic carbocycles. The van der Waals surface area contributed by atoms with E-state index in [0.717, 1.165) is 50.5 Å². The lowest BCUT2D eigenvalue weighted by atomic mass is 9.74. The number of nitrogens with zero attached hydrogens (tertiary/aromatic N) is 2. The fourth-order valence-corrected chi connectivity index (χ4v) is 4.41. The van der Waals surface area contributed by atoms with Gasteiger partial charge in [0.1, 0.15) is 0 Å². The lowest BCUT2D eigenvalue weighted by Gasteiger charge is -2.39. The van der Waals surface area contributed by atoms with Crippen molar-refractivity contribution in [2.45, 2.75) is 52.9 Å². The summed E-state index contributed by atoms with van der Waals surface area (Å²) in [5.74, 6) is 0.640. The number of hydrogen-bond acceptors (Lipinski definition) is 4. The van der Waals surface area contributed by atoms with Crippen LogP contribution in [-0.4, -0.2) is 62.3 Å². The first kappa shape index (κ1) is 23.0. The van der Waals surface area contributed by atoms with Gasteiger partial charge in [-0.15, -0.1) is 0 Å². The van der Waals surface area contributed by atoms with Crippen LogP contribution in [0.4, 0.5) is 0 Å². The third kappa shape index (κ3) is 5.13.